The molecule has 1 aromatic carbocycles. The largest absolute Gasteiger partial charge is 0.398 e. The van der Waals surface area contributed by atoms with Crippen molar-refractivity contribution in [3.8, 4) is 0 Å². The van der Waals surface area contributed by atoms with Crippen LogP contribution in [0, 0.1) is 5.82 Å². The van der Waals surface area contributed by atoms with Crippen molar-refractivity contribution < 1.29 is 9.13 Å². The van der Waals surface area contributed by atoms with E-state index in [1.807, 2.05) is 18.2 Å². The van der Waals surface area contributed by atoms with Gasteiger partial charge in [-0.3, -0.25) is 4.98 Å². The molecule has 0 atom stereocenters. The number of anilines is 1. The van der Waals surface area contributed by atoms with Gasteiger partial charge in [0.05, 0.1) is 13.2 Å². The summed E-state index contributed by atoms with van der Waals surface area (Å²) in [5.41, 5.74) is 7.93. The molecule has 3 nitrogen and oxygen atoms in total. The first-order chi connectivity index (χ1) is 8.75. The standard InChI is InChI=1S/C14H15FN2O/c15-12-4-5-14(16)11(9-12)10-18-8-6-13-3-1-2-7-17-13/h1-5,7,9H,6,8,10,16H2. The Morgan fingerprint density at radius 2 is 2.11 bits per heavy atom. The molecule has 0 aliphatic heterocycles. The number of rotatable bonds is 5. The molecule has 18 heavy (non-hydrogen) atoms. The number of nitrogen functional groups attached to an aromatic ring is 1. The summed E-state index contributed by atoms with van der Waals surface area (Å²) in [5, 5.41) is 0. The molecule has 0 unspecified atom stereocenters. The van der Waals surface area contributed by atoms with Gasteiger partial charge in [-0.05, 0) is 30.3 Å². The normalized spacial score (nSPS) is 10.5. The van der Waals surface area contributed by atoms with Gasteiger partial charge in [0.25, 0.3) is 0 Å². The fourth-order valence-corrected chi connectivity index (χ4v) is 1.60. The summed E-state index contributed by atoms with van der Waals surface area (Å²) in [6.45, 7) is 0.851. The highest BCUT2D eigenvalue weighted by Gasteiger charge is 2.01. The average molecular weight is 246 g/mol. The second-order valence-electron chi connectivity index (χ2n) is 3.97. The minimum atomic E-state index is -0.299. The predicted molar refractivity (Wildman–Crippen MR) is 68.4 cm³/mol. The maximum atomic E-state index is 13.0. The van der Waals surface area contributed by atoms with E-state index in [4.69, 9.17) is 10.5 Å². The van der Waals surface area contributed by atoms with E-state index in [-0.39, 0.29) is 5.82 Å². The summed E-state index contributed by atoms with van der Waals surface area (Å²) >= 11 is 0. The zero-order valence-electron chi connectivity index (χ0n) is 9.97. The molecule has 2 rings (SSSR count). The first-order valence-electron chi connectivity index (χ1n) is 5.77. The topological polar surface area (TPSA) is 48.1 Å². The summed E-state index contributed by atoms with van der Waals surface area (Å²) in [5.74, 6) is -0.299. The summed E-state index contributed by atoms with van der Waals surface area (Å²) in [7, 11) is 0. The van der Waals surface area contributed by atoms with Gasteiger partial charge in [-0.25, -0.2) is 4.39 Å². The van der Waals surface area contributed by atoms with E-state index in [1.165, 1.54) is 12.1 Å². The van der Waals surface area contributed by atoms with Gasteiger partial charge >= 0.3 is 0 Å². The first kappa shape index (κ1) is 12.5. The number of pyridine rings is 1. The van der Waals surface area contributed by atoms with Gasteiger partial charge in [-0.15, -0.1) is 0 Å². The van der Waals surface area contributed by atoms with E-state index >= 15 is 0 Å². The highest BCUT2D eigenvalue weighted by atomic mass is 19.1. The summed E-state index contributed by atoms with van der Waals surface area (Å²) in [6, 6.07) is 10.0. The maximum absolute atomic E-state index is 13.0. The monoisotopic (exact) mass is 246 g/mol. The Morgan fingerprint density at radius 1 is 1.22 bits per heavy atom. The number of nitrogens with zero attached hydrogens (tertiary/aromatic N) is 1. The van der Waals surface area contributed by atoms with E-state index < -0.39 is 0 Å². The van der Waals surface area contributed by atoms with E-state index in [1.54, 1.807) is 12.3 Å². The van der Waals surface area contributed by atoms with Crippen LogP contribution in [0.1, 0.15) is 11.3 Å². The number of hydrogen-bond donors (Lipinski definition) is 1. The van der Waals surface area contributed by atoms with Gasteiger partial charge < -0.3 is 10.5 Å². The summed E-state index contributed by atoms with van der Waals surface area (Å²) < 4.78 is 18.5. The first-order valence-corrected chi connectivity index (χ1v) is 5.77. The Bertz CT molecular complexity index is 502. The minimum absolute atomic E-state index is 0.299. The second-order valence-corrected chi connectivity index (χ2v) is 3.97. The molecule has 1 aromatic heterocycles. The molecule has 94 valence electrons. The van der Waals surface area contributed by atoms with Crippen LogP contribution in [0.15, 0.2) is 42.6 Å². The third-order valence-electron chi connectivity index (χ3n) is 2.59. The number of aromatic nitrogens is 1. The predicted octanol–water partition coefficient (Wildman–Crippen LogP) is 2.56. The molecule has 0 saturated carbocycles. The van der Waals surface area contributed by atoms with Gasteiger partial charge in [0.2, 0.25) is 0 Å². The number of hydrogen-bond acceptors (Lipinski definition) is 3. The van der Waals surface area contributed by atoms with E-state index in [0.29, 0.717) is 24.5 Å². The lowest BCUT2D eigenvalue weighted by Crippen LogP contribution is -2.03. The molecule has 1 heterocycles. The molecule has 0 aliphatic rings. The molecular weight excluding hydrogens is 231 g/mol. The van der Waals surface area contributed by atoms with Crippen LogP contribution in [0.3, 0.4) is 0 Å². The molecule has 0 bridgehead atoms. The Balaban J connectivity index is 1.80. The quantitative estimate of drug-likeness (QED) is 0.651. The van der Waals surface area contributed by atoms with Gasteiger partial charge in [-0.1, -0.05) is 6.07 Å². The lowest BCUT2D eigenvalue weighted by atomic mass is 10.2. The van der Waals surface area contributed by atoms with Crippen molar-refractivity contribution in [3.05, 3.63) is 59.7 Å². The Hall–Kier alpha value is -1.94. The summed E-state index contributed by atoms with van der Waals surface area (Å²) in [4.78, 5) is 4.19. The van der Waals surface area contributed by atoms with Crippen LogP contribution >= 0.6 is 0 Å². The highest BCUT2D eigenvalue weighted by Crippen LogP contribution is 2.14. The Morgan fingerprint density at radius 3 is 2.89 bits per heavy atom. The van der Waals surface area contributed by atoms with Gasteiger partial charge in [0, 0.05) is 29.6 Å². The zero-order valence-corrected chi connectivity index (χ0v) is 9.97. The lowest BCUT2D eigenvalue weighted by molar-refractivity contribution is 0.123. The van der Waals surface area contributed by atoms with Crippen LogP contribution in [-0.4, -0.2) is 11.6 Å². The zero-order chi connectivity index (χ0) is 12.8. The molecule has 4 heteroatoms. The van der Waals surface area contributed by atoms with Crippen LogP contribution in [0.5, 0.6) is 0 Å². The molecule has 0 fully saturated rings. The van der Waals surface area contributed by atoms with Gasteiger partial charge in [0.15, 0.2) is 0 Å². The van der Waals surface area contributed by atoms with Gasteiger partial charge in [-0.2, -0.15) is 0 Å². The molecular formula is C14H15FN2O. The molecule has 0 saturated heterocycles. The highest BCUT2D eigenvalue weighted by molar-refractivity contribution is 5.46. The average Bonchev–Trinajstić information content (AvgIpc) is 2.40. The smallest absolute Gasteiger partial charge is 0.123 e. The molecule has 2 aromatic rings. The minimum Gasteiger partial charge on any atom is -0.398 e. The van der Waals surface area contributed by atoms with Crippen molar-refractivity contribution in [3.63, 3.8) is 0 Å². The van der Waals surface area contributed by atoms with Crippen molar-refractivity contribution in [1.29, 1.82) is 0 Å². The lowest BCUT2D eigenvalue weighted by Gasteiger charge is -2.07. The van der Waals surface area contributed by atoms with Crippen LogP contribution in [-0.2, 0) is 17.8 Å². The molecule has 0 amide bonds. The molecule has 0 spiro atoms. The fraction of sp³-hybridized carbons (Fsp3) is 0.214. The Kier molecular flexibility index (Phi) is 4.25. The number of benzene rings is 1. The summed E-state index contributed by atoms with van der Waals surface area (Å²) in [6.07, 6.45) is 2.48. The molecule has 0 radical (unpaired) electrons. The maximum Gasteiger partial charge on any atom is 0.123 e. The number of ether oxygens (including phenoxy) is 1. The van der Waals surface area contributed by atoms with Crippen molar-refractivity contribution in [2.75, 3.05) is 12.3 Å². The second kappa shape index (κ2) is 6.12. The number of halogens is 1. The van der Waals surface area contributed by atoms with Crippen molar-refractivity contribution >= 4 is 5.69 Å². The Labute approximate surface area is 105 Å². The van der Waals surface area contributed by atoms with Crippen molar-refractivity contribution in [2.45, 2.75) is 13.0 Å². The number of nitrogens with two attached hydrogens (primary N) is 1. The molecule has 2 N–H and O–H groups in total. The van der Waals surface area contributed by atoms with E-state index in [0.717, 1.165) is 12.1 Å². The molecule has 0 aliphatic carbocycles. The van der Waals surface area contributed by atoms with Crippen molar-refractivity contribution in [1.82, 2.24) is 4.98 Å². The van der Waals surface area contributed by atoms with Crippen molar-refractivity contribution in [2.24, 2.45) is 0 Å². The third-order valence-corrected chi connectivity index (χ3v) is 2.59. The van der Waals surface area contributed by atoms with Gasteiger partial charge in [0.1, 0.15) is 5.82 Å². The van der Waals surface area contributed by atoms with E-state index in [2.05, 4.69) is 4.98 Å². The SMILES string of the molecule is Nc1ccc(F)cc1COCCc1ccccn1. The van der Waals surface area contributed by atoms with Crippen LogP contribution in [0.25, 0.3) is 0 Å². The van der Waals surface area contributed by atoms with Crippen LogP contribution in [0.4, 0.5) is 10.1 Å². The van der Waals surface area contributed by atoms with Crippen LogP contribution in [0.2, 0.25) is 0 Å². The third kappa shape index (κ3) is 3.53. The van der Waals surface area contributed by atoms with Crippen LogP contribution < -0.4 is 5.73 Å². The van der Waals surface area contributed by atoms with E-state index in [9.17, 15) is 4.39 Å². The fourth-order valence-electron chi connectivity index (χ4n) is 1.60.